The van der Waals surface area contributed by atoms with E-state index in [0.717, 1.165) is 27.8 Å². The standard InChI is InChI=1S/C42H49ClN4O7Si/c1-42(2,3)55(5,6)54-37(30-16-18-35(48)39-31(30)17-19-38(49)47-39)25-44-24-28-22-33(43)32(23-36(28)53-4)40(50)45-20-10-11-26-14-15-29(27-12-8-7-9-13-27)34(21-26)46-41(51)52/h7-9,12-19,21-23,37,44,46,48H,10-11,20,24-25H2,1-6H3,(H,45,50)(H,47,49)(H,51,52)/t37-/m0/s1. The van der Waals surface area contributed by atoms with Crippen molar-refractivity contribution in [3.8, 4) is 22.6 Å². The molecule has 4 aromatic carbocycles. The number of phenolic OH excluding ortho intramolecular Hbond substituents is 1. The van der Waals surface area contributed by atoms with Gasteiger partial charge < -0.3 is 35.0 Å². The average Bonchev–Trinajstić information content (AvgIpc) is 3.13. The fourth-order valence-corrected chi connectivity index (χ4v) is 7.69. The highest BCUT2D eigenvalue weighted by Crippen LogP contribution is 2.41. The number of carboxylic acid groups (broad SMARTS) is 1. The third kappa shape index (κ3) is 10.1. The van der Waals surface area contributed by atoms with Gasteiger partial charge in [0.2, 0.25) is 5.56 Å². The number of halogens is 1. The van der Waals surface area contributed by atoms with E-state index in [0.29, 0.717) is 54.8 Å². The minimum absolute atomic E-state index is 0.0167. The number of pyridine rings is 1. The number of methoxy groups -OCH3 is 1. The fraction of sp³-hybridized carbons (Fsp3) is 0.310. The second kappa shape index (κ2) is 17.5. The molecule has 5 aromatic rings. The number of nitrogens with one attached hydrogen (secondary N) is 4. The van der Waals surface area contributed by atoms with Gasteiger partial charge in [-0.05, 0) is 78.0 Å². The maximum absolute atomic E-state index is 13.3. The van der Waals surface area contributed by atoms with Gasteiger partial charge in [-0.25, -0.2) is 4.79 Å². The quantitative estimate of drug-likeness (QED) is 0.0453. The van der Waals surface area contributed by atoms with Crippen LogP contribution in [0.5, 0.6) is 11.5 Å². The van der Waals surface area contributed by atoms with Crippen LogP contribution in [0, 0.1) is 0 Å². The summed E-state index contributed by atoms with van der Waals surface area (Å²) >= 11 is 6.68. The second-order valence-corrected chi connectivity index (χ2v) is 20.1. The molecule has 0 fully saturated rings. The minimum atomic E-state index is -2.28. The summed E-state index contributed by atoms with van der Waals surface area (Å²) < 4.78 is 12.6. The molecule has 5 rings (SSSR count). The zero-order valence-electron chi connectivity index (χ0n) is 32.0. The number of amides is 2. The number of fused-ring (bicyclic) bond motifs is 1. The zero-order chi connectivity index (χ0) is 39.9. The summed E-state index contributed by atoms with van der Waals surface area (Å²) in [5, 5.41) is 29.8. The molecular formula is C42H49ClN4O7Si. The van der Waals surface area contributed by atoms with Gasteiger partial charge in [-0.3, -0.25) is 14.9 Å². The maximum atomic E-state index is 13.3. The molecule has 1 atom stereocenters. The van der Waals surface area contributed by atoms with Gasteiger partial charge in [0.1, 0.15) is 11.5 Å². The number of H-pyrrole nitrogens is 1. The Morgan fingerprint density at radius 3 is 2.42 bits per heavy atom. The summed E-state index contributed by atoms with van der Waals surface area (Å²) in [4.78, 5) is 39.6. The van der Waals surface area contributed by atoms with Crippen LogP contribution in [0.1, 0.15) is 60.3 Å². The van der Waals surface area contributed by atoms with Gasteiger partial charge in [-0.15, -0.1) is 0 Å². The molecule has 0 bridgehead atoms. The Labute approximate surface area is 327 Å². The third-order valence-corrected chi connectivity index (χ3v) is 14.9. The van der Waals surface area contributed by atoms with E-state index in [1.165, 1.54) is 13.2 Å². The van der Waals surface area contributed by atoms with E-state index in [-0.39, 0.29) is 32.8 Å². The number of aromatic nitrogens is 1. The highest BCUT2D eigenvalue weighted by molar-refractivity contribution is 6.74. The molecule has 290 valence electrons. The van der Waals surface area contributed by atoms with Gasteiger partial charge in [-0.1, -0.05) is 80.9 Å². The van der Waals surface area contributed by atoms with Gasteiger partial charge in [-0.2, -0.15) is 0 Å². The van der Waals surface area contributed by atoms with Gasteiger partial charge >= 0.3 is 6.09 Å². The van der Waals surface area contributed by atoms with Crippen LogP contribution >= 0.6 is 11.6 Å². The minimum Gasteiger partial charge on any atom is -0.506 e. The first kappa shape index (κ1) is 41.0. The van der Waals surface area contributed by atoms with Crippen molar-refractivity contribution in [3.63, 3.8) is 0 Å². The molecule has 0 radical (unpaired) electrons. The molecule has 2 amide bonds. The smallest absolute Gasteiger partial charge is 0.409 e. The molecule has 0 spiro atoms. The lowest BCUT2D eigenvalue weighted by Crippen LogP contribution is -2.43. The Morgan fingerprint density at radius 1 is 0.982 bits per heavy atom. The number of hydrogen-bond donors (Lipinski definition) is 6. The van der Waals surface area contributed by atoms with Crippen LogP contribution < -0.4 is 26.2 Å². The Morgan fingerprint density at radius 2 is 1.73 bits per heavy atom. The average molecular weight is 785 g/mol. The predicted molar refractivity (Wildman–Crippen MR) is 221 cm³/mol. The molecular weight excluding hydrogens is 736 g/mol. The van der Waals surface area contributed by atoms with Crippen molar-refractivity contribution < 1.29 is 29.0 Å². The van der Waals surface area contributed by atoms with Crippen LogP contribution in [-0.2, 0) is 17.4 Å². The number of aryl methyl sites for hydroxylation is 1. The van der Waals surface area contributed by atoms with Gasteiger partial charge in [0.05, 0.1) is 35.0 Å². The molecule has 0 saturated heterocycles. The maximum Gasteiger partial charge on any atom is 0.409 e. The lowest BCUT2D eigenvalue weighted by Gasteiger charge is -2.39. The van der Waals surface area contributed by atoms with E-state index >= 15 is 0 Å². The lowest BCUT2D eigenvalue weighted by molar-refractivity contribution is 0.0953. The highest BCUT2D eigenvalue weighted by Gasteiger charge is 2.39. The van der Waals surface area contributed by atoms with Crippen LogP contribution in [0.15, 0.2) is 89.7 Å². The van der Waals surface area contributed by atoms with Gasteiger partial charge in [0.15, 0.2) is 8.32 Å². The molecule has 1 heterocycles. The summed E-state index contributed by atoms with van der Waals surface area (Å²) in [5.41, 5.74) is 5.03. The van der Waals surface area contributed by atoms with E-state index < -0.39 is 20.5 Å². The summed E-state index contributed by atoms with van der Waals surface area (Å²) in [6.45, 7) is 12.0. The SMILES string of the molecule is COc1cc(C(=O)NCCCc2ccc(-c3ccccc3)c(NC(=O)O)c2)c(Cl)cc1CNC[C@H](O[Si](C)(C)C(C)(C)C)c1ccc(O)c2[nH]c(=O)ccc12. The second-order valence-electron chi connectivity index (χ2n) is 15.0. The normalized spacial score (nSPS) is 12.3. The number of carbonyl (C=O) groups is 2. The number of aromatic hydroxyl groups is 1. The van der Waals surface area contributed by atoms with E-state index in [9.17, 15) is 24.6 Å². The number of benzene rings is 4. The Bertz CT molecular complexity index is 2220. The first-order valence-electron chi connectivity index (χ1n) is 18.1. The van der Waals surface area contributed by atoms with Crippen LogP contribution in [0.4, 0.5) is 10.5 Å². The third-order valence-electron chi connectivity index (χ3n) is 10.1. The van der Waals surface area contributed by atoms with Crippen molar-refractivity contribution in [2.24, 2.45) is 0 Å². The lowest BCUT2D eigenvalue weighted by atomic mass is 9.99. The summed E-state index contributed by atoms with van der Waals surface area (Å²) in [7, 11) is -0.746. The van der Waals surface area contributed by atoms with Gasteiger partial charge in [0.25, 0.3) is 5.91 Å². The van der Waals surface area contributed by atoms with Crippen LogP contribution in [0.3, 0.4) is 0 Å². The number of phenols is 1. The monoisotopic (exact) mass is 784 g/mol. The van der Waals surface area contributed by atoms with Crippen molar-refractivity contribution in [2.45, 2.75) is 64.4 Å². The summed E-state index contributed by atoms with van der Waals surface area (Å²) in [5.74, 6) is 0.140. The first-order chi connectivity index (χ1) is 26.1. The molecule has 0 saturated carbocycles. The Kier molecular flexibility index (Phi) is 13.1. The Hall–Kier alpha value is -5.14. The number of rotatable bonds is 15. The molecule has 1 aromatic heterocycles. The summed E-state index contributed by atoms with van der Waals surface area (Å²) in [6, 6.07) is 25.1. The number of ether oxygens (including phenoxy) is 1. The molecule has 13 heteroatoms. The fourth-order valence-electron chi connectivity index (χ4n) is 6.15. The molecule has 6 N–H and O–H groups in total. The number of hydrogen-bond acceptors (Lipinski definition) is 7. The molecule has 0 aliphatic rings. The van der Waals surface area contributed by atoms with E-state index in [4.69, 9.17) is 20.8 Å². The molecule has 11 nitrogen and oxygen atoms in total. The van der Waals surface area contributed by atoms with E-state index in [1.807, 2.05) is 54.6 Å². The Balaban J connectivity index is 1.25. The van der Waals surface area contributed by atoms with Crippen molar-refractivity contribution in [1.29, 1.82) is 0 Å². The molecule has 0 aliphatic carbocycles. The number of carbonyl (C=O) groups excluding carboxylic acids is 1. The van der Waals surface area contributed by atoms with Crippen LogP contribution in [0.25, 0.3) is 22.0 Å². The summed E-state index contributed by atoms with van der Waals surface area (Å²) in [6.07, 6.45) is -0.325. The molecule has 55 heavy (non-hydrogen) atoms. The predicted octanol–water partition coefficient (Wildman–Crippen LogP) is 8.87. The zero-order valence-corrected chi connectivity index (χ0v) is 33.8. The number of anilines is 1. The van der Waals surface area contributed by atoms with Crippen molar-refractivity contribution >= 4 is 48.5 Å². The van der Waals surface area contributed by atoms with Crippen LogP contribution in [0.2, 0.25) is 23.2 Å². The molecule has 0 unspecified atom stereocenters. The van der Waals surface area contributed by atoms with E-state index in [2.05, 4.69) is 54.8 Å². The van der Waals surface area contributed by atoms with Crippen molar-refractivity contribution in [3.05, 3.63) is 123 Å². The van der Waals surface area contributed by atoms with Crippen molar-refractivity contribution in [1.82, 2.24) is 15.6 Å². The van der Waals surface area contributed by atoms with E-state index in [1.54, 1.807) is 24.3 Å². The number of aromatic amines is 1. The van der Waals surface area contributed by atoms with Crippen LogP contribution in [-0.4, -0.2) is 55.7 Å². The van der Waals surface area contributed by atoms with Crippen molar-refractivity contribution in [2.75, 3.05) is 25.5 Å². The van der Waals surface area contributed by atoms with Gasteiger partial charge in [0, 0.05) is 42.2 Å². The topological polar surface area (TPSA) is 162 Å². The first-order valence-corrected chi connectivity index (χ1v) is 21.4. The largest absolute Gasteiger partial charge is 0.506 e. The molecule has 0 aliphatic heterocycles. The highest BCUT2D eigenvalue weighted by atomic mass is 35.5.